The quantitative estimate of drug-likeness (QED) is 0.748. The van der Waals surface area contributed by atoms with Crippen LogP contribution >= 0.6 is 12.4 Å². The van der Waals surface area contributed by atoms with E-state index >= 15 is 0 Å². The maximum atomic E-state index is 3.52. The van der Waals surface area contributed by atoms with Crippen LogP contribution in [0.4, 0.5) is 0 Å². The van der Waals surface area contributed by atoms with E-state index in [4.69, 9.17) is 0 Å². The first-order valence-electron chi connectivity index (χ1n) is 6.16. The Labute approximate surface area is 94.4 Å². The topological polar surface area (TPSA) is 12.0 Å². The molecule has 2 fully saturated rings. The number of hydrogen-bond acceptors (Lipinski definition) is 1. The Kier molecular flexibility index (Phi) is 5.88. The smallest absolute Gasteiger partial charge is 0.00204 e. The first-order valence-corrected chi connectivity index (χ1v) is 6.16. The zero-order chi connectivity index (χ0) is 8.93. The zero-order valence-electron chi connectivity index (χ0n) is 9.13. The molecule has 1 aliphatic carbocycles. The van der Waals surface area contributed by atoms with Gasteiger partial charge in [-0.15, -0.1) is 12.4 Å². The van der Waals surface area contributed by atoms with Gasteiger partial charge in [0.25, 0.3) is 0 Å². The fourth-order valence-corrected chi connectivity index (χ4v) is 3.02. The van der Waals surface area contributed by atoms with Gasteiger partial charge in [0.15, 0.2) is 0 Å². The summed E-state index contributed by atoms with van der Waals surface area (Å²) in [5.74, 6) is 2.09. The monoisotopic (exact) mass is 217 g/mol. The summed E-state index contributed by atoms with van der Waals surface area (Å²) in [6.45, 7) is 2.57. The van der Waals surface area contributed by atoms with Gasteiger partial charge in [-0.25, -0.2) is 0 Å². The van der Waals surface area contributed by atoms with Crippen molar-refractivity contribution in [2.24, 2.45) is 11.8 Å². The average Bonchev–Trinajstić information content (AvgIpc) is 2.21. The summed E-state index contributed by atoms with van der Waals surface area (Å²) in [5, 5.41) is 3.52. The Morgan fingerprint density at radius 3 is 2.21 bits per heavy atom. The van der Waals surface area contributed by atoms with Gasteiger partial charge in [0, 0.05) is 0 Å². The maximum Gasteiger partial charge on any atom is -0.00204 e. The molecule has 0 aromatic heterocycles. The van der Waals surface area contributed by atoms with E-state index in [9.17, 15) is 0 Å². The van der Waals surface area contributed by atoms with E-state index in [-0.39, 0.29) is 12.4 Å². The van der Waals surface area contributed by atoms with Gasteiger partial charge >= 0.3 is 0 Å². The van der Waals surface area contributed by atoms with Crippen LogP contribution in [0.25, 0.3) is 0 Å². The summed E-state index contributed by atoms with van der Waals surface area (Å²) in [4.78, 5) is 0. The molecule has 1 heterocycles. The summed E-state index contributed by atoms with van der Waals surface area (Å²) in [5.41, 5.74) is 0. The second-order valence-corrected chi connectivity index (χ2v) is 4.95. The Morgan fingerprint density at radius 1 is 0.857 bits per heavy atom. The van der Waals surface area contributed by atoms with Gasteiger partial charge in [0.1, 0.15) is 0 Å². The van der Waals surface area contributed by atoms with Crippen molar-refractivity contribution in [2.75, 3.05) is 13.1 Å². The predicted molar refractivity (Wildman–Crippen MR) is 64.0 cm³/mol. The molecule has 14 heavy (non-hydrogen) atoms. The molecule has 0 amide bonds. The number of halogens is 1. The van der Waals surface area contributed by atoms with E-state index < -0.39 is 0 Å². The molecule has 0 radical (unpaired) electrons. The predicted octanol–water partition coefficient (Wildman–Crippen LogP) is 3.38. The van der Waals surface area contributed by atoms with Crippen LogP contribution in [-0.2, 0) is 0 Å². The third-order valence-electron chi connectivity index (χ3n) is 3.79. The van der Waals surface area contributed by atoms with E-state index in [2.05, 4.69) is 5.32 Å². The third kappa shape index (κ3) is 3.78. The Balaban J connectivity index is 0.000000980. The normalized spacial score (nSPS) is 29.6. The molecule has 0 spiro atoms. The van der Waals surface area contributed by atoms with Gasteiger partial charge in [-0.1, -0.05) is 32.1 Å². The van der Waals surface area contributed by atoms with Crippen molar-refractivity contribution in [2.45, 2.75) is 51.4 Å². The first-order chi connectivity index (χ1) is 6.45. The van der Waals surface area contributed by atoms with Crippen LogP contribution in [0.1, 0.15) is 51.4 Å². The highest BCUT2D eigenvalue weighted by atomic mass is 35.5. The molecule has 0 aromatic carbocycles. The fraction of sp³-hybridized carbons (Fsp3) is 1.00. The number of rotatable bonds is 2. The molecule has 2 heteroatoms. The van der Waals surface area contributed by atoms with Gasteiger partial charge in [-0.2, -0.15) is 0 Å². The van der Waals surface area contributed by atoms with E-state index in [1.807, 2.05) is 0 Å². The number of piperidine rings is 1. The summed E-state index contributed by atoms with van der Waals surface area (Å²) in [6, 6.07) is 0. The van der Waals surface area contributed by atoms with E-state index in [0.29, 0.717) is 0 Å². The molecule has 1 nitrogen and oxygen atoms in total. The molecule has 0 aromatic rings. The minimum atomic E-state index is 0. The zero-order valence-corrected chi connectivity index (χ0v) is 9.95. The van der Waals surface area contributed by atoms with Gasteiger partial charge in [-0.3, -0.25) is 0 Å². The molecule has 1 saturated carbocycles. The van der Waals surface area contributed by atoms with E-state index in [1.54, 1.807) is 0 Å². The van der Waals surface area contributed by atoms with Gasteiger partial charge in [0.2, 0.25) is 0 Å². The van der Waals surface area contributed by atoms with Gasteiger partial charge in [-0.05, 0) is 44.2 Å². The lowest BCUT2D eigenvalue weighted by molar-refractivity contribution is 0.254. The molecular formula is C12H24ClN. The molecule has 1 N–H and O–H groups in total. The molecule has 2 aliphatic rings. The van der Waals surface area contributed by atoms with Crippen LogP contribution in [0, 0.1) is 11.8 Å². The maximum absolute atomic E-state index is 3.52. The molecule has 2 rings (SSSR count). The van der Waals surface area contributed by atoms with Crippen LogP contribution in [0.3, 0.4) is 0 Å². The molecule has 1 saturated heterocycles. The largest absolute Gasteiger partial charge is 0.316 e. The van der Waals surface area contributed by atoms with E-state index in [1.165, 1.54) is 64.5 Å². The van der Waals surface area contributed by atoms with Crippen molar-refractivity contribution >= 4 is 12.4 Å². The highest BCUT2D eigenvalue weighted by Crippen LogP contribution is 2.30. The number of nitrogens with one attached hydrogen (secondary N) is 1. The Morgan fingerprint density at radius 2 is 1.57 bits per heavy atom. The van der Waals surface area contributed by atoms with Crippen LogP contribution in [0.2, 0.25) is 0 Å². The molecule has 1 unspecified atom stereocenters. The Bertz CT molecular complexity index is 121. The lowest BCUT2D eigenvalue weighted by Gasteiger charge is -2.29. The highest BCUT2D eigenvalue weighted by Gasteiger charge is 2.20. The van der Waals surface area contributed by atoms with Gasteiger partial charge < -0.3 is 5.32 Å². The van der Waals surface area contributed by atoms with Crippen molar-refractivity contribution in [1.29, 1.82) is 0 Å². The summed E-state index contributed by atoms with van der Waals surface area (Å²) < 4.78 is 0. The average molecular weight is 218 g/mol. The standard InChI is InChI=1S/C12H23N.ClH/c1-2-5-11(6-3-1)9-12-7-4-8-13-10-12;/h11-13H,1-10H2;1H. The van der Waals surface area contributed by atoms with Crippen LogP contribution in [-0.4, -0.2) is 13.1 Å². The van der Waals surface area contributed by atoms with Crippen LogP contribution in [0.15, 0.2) is 0 Å². The first kappa shape index (κ1) is 12.3. The van der Waals surface area contributed by atoms with Crippen molar-refractivity contribution in [1.82, 2.24) is 5.32 Å². The lowest BCUT2D eigenvalue weighted by atomic mass is 9.81. The van der Waals surface area contributed by atoms with Crippen LogP contribution in [0.5, 0.6) is 0 Å². The molecule has 0 bridgehead atoms. The summed E-state index contributed by atoms with van der Waals surface area (Å²) in [6.07, 6.45) is 12.0. The minimum Gasteiger partial charge on any atom is -0.316 e. The molecule has 1 aliphatic heterocycles. The molecule has 1 atom stereocenters. The van der Waals surface area contributed by atoms with Gasteiger partial charge in [0.05, 0.1) is 0 Å². The fourth-order valence-electron chi connectivity index (χ4n) is 3.02. The third-order valence-corrected chi connectivity index (χ3v) is 3.79. The number of hydrogen-bond donors (Lipinski definition) is 1. The molecule has 84 valence electrons. The highest BCUT2D eigenvalue weighted by molar-refractivity contribution is 5.85. The SMILES string of the molecule is C1CCC(CC2CCCNC2)CC1.Cl. The van der Waals surface area contributed by atoms with E-state index in [0.717, 1.165) is 11.8 Å². The van der Waals surface area contributed by atoms with Crippen molar-refractivity contribution in [3.05, 3.63) is 0 Å². The summed E-state index contributed by atoms with van der Waals surface area (Å²) >= 11 is 0. The lowest BCUT2D eigenvalue weighted by Crippen LogP contribution is -2.31. The second kappa shape index (κ2) is 6.68. The minimum absolute atomic E-state index is 0. The van der Waals surface area contributed by atoms with Crippen molar-refractivity contribution < 1.29 is 0 Å². The molecular weight excluding hydrogens is 194 g/mol. The Hall–Kier alpha value is 0.250. The second-order valence-electron chi connectivity index (χ2n) is 4.95. The van der Waals surface area contributed by atoms with Crippen LogP contribution < -0.4 is 5.32 Å². The summed E-state index contributed by atoms with van der Waals surface area (Å²) in [7, 11) is 0. The van der Waals surface area contributed by atoms with Crippen molar-refractivity contribution in [3.8, 4) is 0 Å². The van der Waals surface area contributed by atoms with Crippen molar-refractivity contribution in [3.63, 3.8) is 0 Å².